The standard InChI is InChI=1S/C16H23Br2NO/c1-6-20-13-10(7-11(17)8-12(13)18)9-19-14-15(2,3)16(14,4)5/h7-8,14,19H,6,9H2,1-5H3. The van der Waals surface area contributed by atoms with Crippen LogP contribution in [0.15, 0.2) is 21.1 Å². The maximum Gasteiger partial charge on any atom is 0.138 e. The Morgan fingerprint density at radius 1 is 1.15 bits per heavy atom. The lowest BCUT2D eigenvalue weighted by Crippen LogP contribution is -2.22. The quantitative estimate of drug-likeness (QED) is 0.733. The Balaban J connectivity index is 2.14. The third-order valence-electron chi connectivity index (χ3n) is 4.89. The molecule has 0 bridgehead atoms. The van der Waals surface area contributed by atoms with Gasteiger partial charge in [0.05, 0.1) is 11.1 Å². The highest BCUT2D eigenvalue weighted by molar-refractivity contribution is 9.11. The van der Waals surface area contributed by atoms with Gasteiger partial charge in [-0.3, -0.25) is 0 Å². The fourth-order valence-corrected chi connectivity index (χ4v) is 4.40. The predicted octanol–water partition coefficient (Wildman–Crippen LogP) is 5.13. The SMILES string of the molecule is CCOc1c(Br)cc(Br)cc1CNC1C(C)(C)C1(C)C. The Hall–Kier alpha value is -0.0600. The van der Waals surface area contributed by atoms with Crippen molar-refractivity contribution in [2.24, 2.45) is 10.8 Å². The lowest BCUT2D eigenvalue weighted by molar-refractivity contribution is 0.332. The molecule has 2 nitrogen and oxygen atoms in total. The number of benzene rings is 1. The normalized spacial score (nSPS) is 19.9. The van der Waals surface area contributed by atoms with Gasteiger partial charge in [-0.2, -0.15) is 0 Å². The second-order valence-corrected chi connectivity index (χ2v) is 8.34. The summed E-state index contributed by atoms with van der Waals surface area (Å²) in [6.07, 6.45) is 0. The summed E-state index contributed by atoms with van der Waals surface area (Å²) in [5.74, 6) is 0.944. The summed E-state index contributed by atoms with van der Waals surface area (Å²) in [6.45, 7) is 12.8. The van der Waals surface area contributed by atoms with Crippen molar-refractivity contribution in [1.29, 1.82) is 0 Å². The molecule has 4 heteroatoms. The molecule has 1 saturated carbocycles. The van der Waals surface area contributed by atoms with Gasteiger partial charge in [0.1, 0.15) is 5.75 Å². The van der Waals surface area contributed by atoms with Crippen LogP contribution >= 0.6 is 31.9 Å². The van der Waals surface area contributed by atoms with Crippen molar-refractivity contribution in [3.05, 3.63) is 26.6 Å². The second-order valence-electron chi connectivity index (χ2n) is 6.57. The van der Waals surface area contributed by atoms with Gasteiger partial charge in [0.25, 0.3) is 0 Å². The van der Waals surface area contributed by atoms with Gasteiger partial charge < -0.3 is 10.1 Å². The van der Waals surface area contributed by atoms with Crippen LogP contribution in [0.3, 0.4) is 0 Å². The van der Waals surface area contributed by atoms with Gasteiger partial charge in [0.2, 0.25) is 0 Å². The maximum atomic E-state index is 5.77. The van der Waals surface area contributed by atoms with Crippen LogP contribution in [0.1, 0.15) is 40.2 Å². The Labute approximate surface area is 138 Å². The van der Waals surface area contributed by atoms with Gasteiger partial charge in [-0.15, -0.1) is 0 Å². The van der Waals surface area contributed by atoms with E-state index in [1.807, 2.05) is 13.0 Å². The molecule has 0 amide bonds. The van der Waals surface area contributed by atoms with E-state index in [1.54, 1.807) is 0 Å². The van der Waals surface area contributed by atoms with Crippen LogP contribution in [0.25, 0.3) is 0 Å². The van der Waals surface area contributed by atoms with Crippen LogP contribution in [-0.2, 0) is 6.54 Å². The van der Waals surface area contributed by atoms with Crippen LogP contribution in [-0.4, -0.2) is 12.6 Å². The molecular weight excluding hydrogens is 382 g/mol. The van der Waals surface area contributed by atoms with Gasteiger partial charge in [0, 0.05) is 22.6 Å². The smallest absolute Gasteiger partial charge is 0.138 e. The average molecular weight is 405 g/mol. The first-order valence-electron chi connectivity index (χ1n) is 7.06. The van der Waals surface area contributed by atoms with Crippen molar-refractivity contribution in [1.82, 2.24) is 5.32 Å². The molecule has 0 unspecified atom stereocenters. The van der Waals surface area contributed by atoms with Crippen molar-refractivity contribution in [3.8, 4) is 5.75 Å². The molecule has 2 rings (SSSR count). The molecule has 1 aliphatic carbocycles. The Kier molecular flexibility index (Phi) is 4.58. The molecule has 0 heterocycles. The number of hydrogen-bond acceptors (Lipinski definition) is 2. The summed E-state index contributed by atoms with van der Waals surface area (Å²) in [4.78, 5) is 0. The summed E-state index contributed by atoms with van der Waals surface area (Å²) < 4.78 is 7.84. The summed E-state index contributed by atoms with van der Waals surface area (Å²) >= 11 is 7.14. The third kappa shape index (κ3) is 2.79. The van der Waals surface area contributed by atoms with Crippen molar-refractivity contribution in [2.75, 3.05) is 6.61 Å². The first-order valence-corrected chi connectivity index (χ1v) is 8.64. The minimum atomic E-state index is 0.349. The minimum Gasteiger partial charge on any atom is -0.492 e. The monoisotopic (exact) mass is 403 g/mol. The Morgan fingerprint density at radius 2 is 1.75 bits per heavy atom. The lowest BCUT2D eigenvalue weighted by Gasteiger charge is -2.14. The first-order chi connectivity index (χ1) is 9.21. The zero-order chi connectivity index (χ0) is 15.1. The molecule has 0 aromatic heterocycles. The number of nitrogens with one attached hydrogen (secondary N) is 1. The van der Waals surface area contributed by atoms with E-state index in [1.165, 1.54) is 5.56 Å². The fourth-order valence-electron chi connectivity index (χ4n) is 2.97. The highest BCUT2D eigenvalue weighted by atomic mass is 79.9. The van der Waals surface area contributed by atoms with E-state index in [0.717, 1.165) is 21.2 Å². The summed E-state index contributed by atoms with van der Waals surface area (Å²) in [5.41, 5.74) is 1.89. The largest absolute Gasteiger partial charge is 0.492 e. The molecule has 1 N–H and O–H groups in total. The summed E-state index contributed by atoms with van der Waals surface area (Å²) in [6, 6.07) is 4.70. The molecule has 0 radical (unpaired) electrons. The zero-order valence-electron chi connectivity index (χ0n) is 12.8. The Bertz CT molecular complexity index is 497. The van der Waals surface area contributed by atoms with Gasteiger partial charge >= 0.3 is 0 Å². The fraction of sp³-hybridized carbons (Fsp3) is 0.625. The molecule has 0 aliphatic heterocycles. The summed E-state index contributed by atoms with van der Waals surface area (Å²) in [5, 5.41) is 3.69. The molecule has 112 valence electrons. The van der Waals surface area contributed by atoms with Gasteiger partial charge in [-0.25, -0.2) is 0 Å². The van der Waals surface area contributed by atoms with E-state index in [-0.39, 0.29) is 0 Å². The third-order valence-corrected chi connectivity index (χ3v) is 5.94. The summed E-state index contributed by atoms with van der Waals surface area (Å²) in [7, 11) is 0. The van der Waals surface area contributed by atoms with Crippen molar-refractivity contribution >= 4 is 31.9 Å². The van der Waals surface area contributed by atoms with E-state index in [2.05, 4.69) is 70.9 Å². The van der Waals surface area contributed by atoms with Crippen LogP contribution in [0, 0.1) is 10.8 Å². The van der Waals surface area contributed by atoms with Crippen LogP contribution in [0.5, 0.6) is 5.75 Å². The van der Waals surface area contributed by atoms with E-state index in [9.17, 15) is 0 Å². The molecular formula is C16H23Br2NO. The van der Waals surface area contributed by atoms with Gasteiger partial charge in [-0.05, 0) is 45.8 Å². The second kappa shape index (κ2) is 5.62. The van der Waals surface area contributed by atoms with Gasteiger partial charge in [0.15, 0.2) is 0 Å². The molecule has 1 aromatic carbocycles. The van der Waals surface area contributed by atoms with E-state index in [0.29, 0.717) is 23.5 Å². The van der Waals surface area contributed by atoms with Crippen LogP contribution < -0.4 is 10.1 Å². The molecule has 1 fully saturated rings. The van der Waals surface area contributed by atoms with Crippen LogP contribution in [0.4, 0.5) is 0 Å². The minimum absolute atomic E-state index is 0.349. The molecule has 20 heavy (non-hydrogen) atoms. The van der Waals surface area contributed by atoms with E-state index in [4.69, 9.17) is 4.74 Å². The number of hydrogen-bond donors (Lipinski definition) is 1. The van der Waals surface area contributed by atoms with E-state index >= 15 is 0 Å². The molecule has 0 spiro atoms. The molecule has 1 aliphatic rings. The van der Waals surface area contributed by atoms with Crippen molar-refractivity contribution in [3.63, 3.8) is 0 Å². The molecule has 0 saturated heterocycles. The van der Waals surface area contributed by atoms with E-state index < -0.39 is 0 Å². The Morgan fingerprint density at radius 3 is 2.25 bits per heavy atom. The topological polar surface area (TPSA) is 21.3 Å². The van der Waals surface area contributed by atoms with Crippen molar-refractivity contribution < 1.29 is 4.74 Å². The predicted molar refractivity (Wildman–Crippen MR) is 91.2 cm³/mol. The highest BCUT2D eigenvalue weighted by Gasteiger charge is 2.64. The van der Waals surface area contributed by atoms with Gasteiger partial charge in [-0.1, -0.05) is 43.6 Å². The maximum absolute atomic E-state index is 5.77. The highest BCUT2D eigenvalue weighted by Crippen LogP contribution is 2.62. The lowest BCUT2D eigenvalue weighted by atomic mass is 10.0. The number of ether oxygens (including phenoxy) is 1. The average Bonchev–Trinajstić information content (AvgIpc) is 2.71. The first kappa shape index (κ1) is 16.3. The number of halogens is 2. The zero-order valence-corrected chi connectivity index (χ0v) is 16.0. The molecule has 0 atom stereocenters. The number of rotatable bonds is 5. The van der Waals surface area contributed by atoms with Crippen molar-refractivity contribution in [2.45, 2.75) is 47.2 Å². The molecule has 1 aromatic rings. The van der Waals surface area contributed by atoms with Crippen LogP contribution in [0.2, 0.25) is 0 Å².